The first-order chi connectivity index (χ1) is 12.0. The molecule has 1 atom stereocenters. The van der Waals surface area contributed by atoms with Gasteiger partial charge in [-0.15, -0.1) is 0 Å². The molecule has 0 saturated heterocycles. The van der Waals surface area contributed by atoms with Gasteiger partial charge in [0.15, 0.2) is 6.04 Å². The molecule has 25 heavy (non-hydrogen) atoms. The quantitative estimate of drug-likeness (QED) is 0.841. The number of carboxylic acids is 1. The van der Waals surface area contributed by atoms with Crippen LogP contribution in [0, 0.1) is 0 Å². The maximum atomic E-state index is 12.6. The third-order valence-corrected chi connectivity index (χ3v) is 3.91. The van der Waals surface area contributed by atoms with E-state index in [1.807, 2.05) is 0 Å². The number of hydrogen-bond donors (Lipinski definition) is 1. The van der Waals surface area contributed by atoms with Gasteiger partial charge >= 0.3 is 5.97 Å². The van der Waals surface area contributed by atoms with Crippen LogP contribution in [0.3, 0.4) is 0 Å². The fraction of sp³-hybridized carbons (Fsp3) is 0.118. The van der Waals surface area contributed by atoms with Crippen LogP contribution in [-0.2, 0) is 4.79 Å². The highest BCUT2D eigenvalue weighted by Gasteiger charge is 2.35. The molecule has 1 heterocycles. The van der Waals surface area contributed by atoms with E-state index in [1.165, 1.54) is 17.1 Å². The van der Waals surface area contributed by atoms with Gasteiger partial charge in [-0.1, -0.05) is 35.9 Å². The Balaban J connectivity index is 1.88. The average molecular weight is 357 g/mol. The van der Waals surface area contributed by atoms with E-state index in [-0.39, 0.29) is 11.3 Å². The van der Waals surface area contributed by atoms with Crippen molar-refractivity contribution in [1.29, 1.82) is 0 Å². The fourth-order valence-electron chi connectivity index (χ4n) is 2.35. The number of hydrogen-bond acceptors (Lipinski definition) is 5. The number of carboxylic acid groups (broad SMARTS) is 1. The Labute approximate surface area is 148 Å². The van der Waals surface area contributed by atoms with Crippen molar-refractivity contribution in [3.05, 3.63) is 59.1 Å². The van der Waals surface area contributed by atoms with Gasteiger partial charge in [0.1, 0.15) is 0 Å². The first-order valence-electron chi connectivity index (χ1n) is 7.36. The van der Waals surface area contributed by atoms with Gasteiger partial charge in [0.05, 0.1) is 27.7 Å². The zero-order valence-electron chi connectivity index (χ0n) is 13.1. The standard InChI is InChI=1S/C17H13ClN4O3/c1-10-15(20-19-13-8-4-2-6-11(13)17(24)25)16(23)22(21-10)14-9-5-3-7-12(14)18/h2-9,15H,1H3,(H,24,25). The van der Waals surface area contributed by atoms with Crippen molar-refractivity contribution < 1.29 is 14.7 Å². The first kappa shape index (κ1) is 16.8. The van der Waals surface area contributed by atoms with E-state index in [0.29, 0.717) is 16.4 Å². The molecule has 1 N–H and O–H groups in total. The number of carbonyl (C=O) groups excluding carboxylic acids is 1. The highest BCUT2D eigenvalue weighted by Crippen LogP contribution is 2.30. The van der Waals surface area contributed by atoms with E-state index < -0.39 is 17.9 Å². The second kappa shape index (κ2) is 6.82. The normalized spacial score (nSPS) is 17.2. The van der Waals surface area contributed by atoms with Crippen LogP contribution in [0.15, 0.2) is 63.9 Å². The summed E-state index contributed by atoms with van der Waals surface area (Å²) in [6.07, 6.45) is 0. The second-order valence-corrected chi connectivity index (χ2v) is 5.69. The lowest BCUT2D eigenvalue weighted by Gasteiger charge is -2.13. The molecule has 3 rings (SSSR count). The molecule has 0 fully saturated rings. The molecule has 1 aliphatic rings. The molecular formula is C17H13ClN4O3. The van der Waals surface area contributed by atoms with Gasteiger partial charge < -0.3 is 5.11 Å². The molecule has 1 aliphatic heterocycles. The highest BCUT2D eigenvalue weighted by atomic mass is 35.5. The van der Waals surface area contributed by atoms with Crippen LogP contribution in [0.5, 0.6) is 0 Å². The third kappa shape index (κ3) is 3.27. The summed E-state index contributed by atoms with van der Waals surface area (Å²) >= 11 is 6.11. The van der Waals surface area contributed by atoms with Gasteiger partial charge in [-0.3, -0.25) is 4.79 Å². The van der Waals surface area contributed by atoms with E-state index in [1.54, 1.807) is 43.3 Å². The molecule has 0 saturated carbocycles. The van der Waals surface area contributed by atoms with Gasteiger partial charge in [-0.05, 0) is 31.2 Å². The molecule has 8 heteroatoms. The number of anilines is 1. The number of para-hydroxylation sites is 1. The van der Waals surface area contributed by atoms with Crippen LogP contribution in [0.25, 0.3) is 0 Å². The molecule has 1 amide bonds. The van der Waals surface area contributed by atoms with Crippen molar-refractivity contribution in [3.8, 4) is 0 Å². The Hall–Kier alpha value is -3.06. The number of carbonyl (C=O) groups is 2. The second-order valence-electron chi connectivity index (χ2n) is 5.28. The van der Waals surface area contributed by atoms with Crippen LogP contribution >= 0.6 is 11.6 Å². The maximum Gasteiger partial charge on any atom is 0.337 e. The molecular weight excluding hydrogens is 344 g/mol. The number of hydrazone groups is 1. The minimum Gasteiger partial charge on any atom is -0.478 e. The largest absolute Gasteiger partial charge is 0.478 e. The summed E-state index contributed by atoms with van der Waals surface area (Å²) in [7, 11) is 0. The molecule has 126 valence electrons. The van der Waals surface area contributed by atoms with E-state index in [4.69, 9.17) is 16.7 Å². The lowest BCUT2D eigenvalue weighted by molar-refractivity contribution is -0.117. The molecule has 0 spiro atoms. The average Bonchev–Trinajstić information content (AvgIpc) is 2.88. The van der Waals surface area contributed by atoms with Crippen molar-refractivity contribution in [2.75, 3.05) is 5.01 Å². The summed E-state index contributed by atoms with van der Waals surface area (Å²) in [6.45, 7) is 1.65. The van der Waals surface area contributed by atoms with E-state index >= 15 is 0 Å². The van der Waals surface area contributed by atoms with Crippen LogP contribution in [0.1, 0.15) is 17.3 Å². The topological polar surface area (TPSA) is 94.7 Å². The molecule has 0 radical (unpaired) electrons. The summed E-state index contributed by atoms with van der Waals surface area (Å²) in [4.78, 5) is 23.8. The molecule has 0 aliphatic carbocycles. The maximum absolute atomic E-state index is 12.6. The highest BCUT2D eigenvalue weighted by molar-refractivity contribution is 6.34. The predicted octanol–water partition coefficient (Wildman–Crippen LogP) is 3.91. The van der Waals surface area contributed by atoms with Crippen molar-refractivity contribution >= 4 is 40.6 Å². The van der Waals surface area contributed by atoms with Gasteiger partial charge in [0.2, 0.25) is 0 Å². The monoisotopic (exact) mass is 356 g/mol. The van der Waals surface area contributed by atoms with Crippen LogP contribution in [0.2, 0.25) is 5.02 Å². The lowest BCUT2D eigenvalue weighted by atomic mass is 10.2. The molecule has 2 aromatic rings. The molecule has 7 nitrogen and oxygen atoms in total. The SMILES string of the molecule is CC1=NN(c2ccccc2Cl)C(=O)C1N=Nc1ccccc1C(=O)O. The number of nitrogens with zero attached hydrogens (tertiary/aromatic N) is 4. The van der Waals surface area contributed by atoms with Crippen LogP contribution in [-0.4, -0.2) is 28.7 Å². The minimum absolute atomic E-state index is 0.00856. The Morgan fingerprint density at radius 2 is 1.88 bits per heavy atom. The molecule has 0 bridgehead atoms. The van der Waals surface area contributed by atoms with Gasteiger partial charge in [0.25, 0.3) is 5.91 Å². The van der Waals surface area contributed by atoms with Gasteiger partial charge in [0, 0.05) is 0 Å². The molecule has 1 unspecified atom stereocenters. The zero-order chi connectivity index (χ0) is 18.0. The Bertz CT molecular complexity index is 910. The number of azo groups is 1. The minimum atomic E-state index is -1.12. The number of halogens is 1. The zero-order valence-corrected chi connectivity index (χ0v) is 13.9. The lowest BCUT2D eigenvalue weighted by Crippen LogP contribution is -2.29. The Morgan fingerprint density at radius 1 is 1.20 bits per heavy atom. The van der Waals surface area contributed by atoms with Crippen molar-refractivity contribution in [1.82, 2.24) is 0 Å². The smallest absolute Gasteiger partial charge is 0.337 e. The predicted molar refractivity (Wildman–Crippen MR) is 93.8 cm³/mol. The van der Waals surface area contributed by atoms with Gasteiger partial charge in [-0.2, -0.15) is 20.3 Å². The van der Waals surface area contributed by atoms with Crippen LogP contribution in [0.4, 0.5) is 11.4 Å². The van der Waals surface area contributed by atoms with Crippen molar-refractivity contribution in [2.24, 2.45) is 15.3 Å². The Kier molecular flexibility index (Phi) is 4.58. The number of aromatic carboxylic acids is 1. The van der Waals surface area contributed by atoms with E-state index in [9.17, 15) is 9.59 Å². The number of amides is 1. The summed E-state index contributed by atoms with van der Waals surface area (Å²) in [5, 5.41) is 22.9. The summed E-state index contributed by atoms with van der Waals surface area (Å²) in [6, 6.07) is 12.1. The molecule has 0 aromatic heterocycles. The van der Waals surface area contributed by atoms with Crippen molar-refractivity contribution in [3.63, 3.8) is 0 Å². The molecule has 2 aromatic carbocycles. The van der Waals surface area contributed by atoms with E-state index in [0.717, 1.165) is 0 Å². The first-order valence-corrected chi connectivity index (χ1v) is 7.73. The number of rotatable bonds is 4. The fourth-order valence-corrected chi connectivity index (χ4v) is 2.56. The van der Waals surface area contributed by atoms with Crippen molar-refractivity contribution in [2.45, 2.75) is 13.0 Å². The third-order valence-electron chi connectivity index (χ3n) is 3.59. The summed E-state index contributed by atoms with van der Waals surface area (Å²) in [5.74, 6) is -1.52. The van der Waals surface area contributed by atoms with Gasteiger partial charge in [-0.25, -0.2) is 4.79 Å². The summed E-state index contributed by atoms with van der Waals surface area (Å²) in [5.41, 5.74) is 1.08. The van der Waals surface area contributed by atoms with E-state index in [2.05, 4.69) is 15.3 Å². The number of benzene rings is 2. The Morgan fingerprint density at radius 3 is 2.60 bits per heavy atom. The van der Waals surface area contributed by atoms with Crippen LogP contribution < -0.4 is 5.01 Å². The summed E-state index contributed by atoms with van der Waals surface area (Å²) < 4.78 is 0.